The van der Waals surface area contributed by atoms with Crippen molar-refractivity contribution in [2.45, 2.75) is 13.3 Å². The van der Waals surface area contributed by atoms with Crippen LogP contribution in [-0.2, 0) is 11.2 Å². The third-order valence-electron chi connectivity index (χ3n) is 2.76. The van der Waals surface area contributed by atoms with Crippen molar-refractivity contribution in [2.24, 2.45) is 0 Å². The number of para-hydroxylation sites is 1. The predicted octanol–water partition coefficient (Wildman–Crippen LogP) is 3.59. The second-order valence-electron chi connectivity index (χ2n) is 4.26. The Bertz CT molecular complexity index is 534. The zero-order chi connectivity index (χ0) is 14.2. The number of thiophene rings is 1. The summed E-state index contributed by atoms with van der Waals surface area (Å²) < 4.78 is 10.8. The lowest BCUT2D eigenvalue weighted by molar-refractivity contribution is 0.0692. The lowest BCUT2D eigenvalue weighted by Gasteiger charge is -2.06. The van der Waals surface area contributed by atoms with Gasteiger partial charge in [-0.25, -0.2) is 0 Å². The maximum Gasteiger partial charge on any atom is 0.198 e. The van der Waals surface area contributed by atoms with Crippen LogP contribution in [-0.4, -0.2) is 25.6 Å². The maximum atomic E-state index is 11.9. The molecule has 0 aliphatic rings. The molecule has 2 aromatic rings. The predicted molar refractivity (Wildman–Crippen MR) is 80.8 cm³/mol. The number of benzene rings is 1. The molecule has 1 aromatic carbocycles. The van der Waals surface area contributed by atoms with E-state index in [-0.39, 0.29) is 12.4 Å². The molecule has 3 nitrogen and oxygen atoms in total. The molecule has 0 unspecified atom stereocenters. The second kappa shape index (κ2) is 7.82. The zero-order valence-corrected chi connectivity index (χ0v) is 12.3. The van der Waals surface area contributed by atoms with Crippen LogP contribution in [0.4, 0.5) is 0 Å². The van der Waals surface area contributed by atoms with Crippen molar-refractivity contribution in [2.75, 3.05) is 19.8 Å². The van der Waals surface area contributed by atoms with Crippen molar-refractivity contribution in [3.63, 3.8) is 0 Å². The molecule has 4 heteroatoms. The van der Waals surface area contributed by atoms with Gasteiger partial charge in [-0.2, -0.15) is 0 Å². The van der Waals surface area contributed by atoms with Gasteiger partial charge in [-0.15, -0.1) is 11.3 Å². The number of ketones is 1. The SMILES string of the molecule is CCc1ccc(C(=O)COCCOc2ccccc2)s1. The minimum absolute atomic E-state index is 0.0365. The van der Waals surface area contributed by atoms with Gasteiger partial charge in [0.2, 0.25) is 0 Å². The molecular formula is C16H18O3S. The fraction of sp³-hybridized carbons (Fsp3) is 0.312. The Kier molecular flexibility index (Phi) is 5.77. The van der Waals surface area contributed by atoms with Crippen LogP contribution in [0.1, 0.15) is 21.5 Å². The average Bonchev–Trinajstić information content (AvgIpc) is 2.97. The molecule has 1 aromatic heterocycles. The molecule has 0 fully saturated rings. The molecule has 106 valence electrons. The number of aryl methyl sites for hydroxylation is 1. The molecule has 0 spiro atoms. The molecule has 1 heterocycles. The van der Waals surface area contributed by atoms with Gasteiger partial charge in [0, 0.05) is 4.88 Å². The van der Waals surface area contributed by atoms with Gasteiger partial charge in [0.05, 0.1) is 11.5 Å². The van der Waals surface area contributed by atoms with Crippen LogP contribution in [0.25, 0.3) is 0 Å². The van der Waals surface area contributed by atoms with Crippen LogP contribution in [0.3, 0.4) is 0 Å². The van der Waals surface area contributed by atoms with E-state index in [9.17, 15) is 4.79 Å². The molecule has 0 radical (unpaired) electrons. The topological polar surface area (TPSA) is 35.5 Å². The highest BCUT2D eigenvalue weighted by Gasteiger charge is 2.08. The Labute approximate surface area is 123 Å². The lowest BCUT2D eigenvalue weighted by atomic mass is 10.3. The smallest absolute Gasteiger partial charge is 0.198 e. The van der Waals surface area contributed by atoms with Crippen LogP contribution < -0.4 is 4.74 Å². The van der Waals surface area contributed by atoms with Gasteiger partial charge in [0.25, 0.3) is 0 Å². The molecule has 2 rings (SSSR count). The number of Topliss-reactive ketones (excluding diaryl/α,β-unsaturated/α-hetero) is 1. The second-order valence-corrected chi connectivity index (χ2v) is 5.43. The van der Waals surface area contributed by atoms with E-state index in [4.69, 9.17) is 9.47 Å². The molecule has 0 aliphatic heterocycles. The summed E-state index contributed by atoms with van der Waals surface area (Å²) in [7, 11) is 0. The Morgan fingerprint density at radius 2 is 1.90 bits per heavy atom. The number of hydrogen-bond acceptors (Lipinski definition) is 4. The van der Waals surface area contributed by atoms with Crippen molar-refractivity contribution in [3.05, 3.63) is 52.2 Å². The third kappa shape index (κ3) is 4.47. The largest absolute Gasteiger partial charge is 0.491 e. The average molecular weight is 290 g/mol. The normalized spacial score (nSPS) is 10.4. The first-order valence-corrected chi connectivity index (χ1v) is 7.48. The lowest BCUT2D eigenvalue weighted by Crippen LogP contribution is -2.12. The number of carbonyl (C=O) groups is 1. The summed E-state index contributed by atoms with van der Waals surface area (Å²) in [5, 5.41) is 0. The highest BCUT2D eigenvalue weighted by atomic mass is 32.1. The molecule has 0 atom stereocenters. The Morgan fingerprint density at radius 1 is 1.10 bits per heavy atom. The Balaban J connectivity index is 1.64. The molecule has 0 bridgehead atoms. The van der Waals surface area contributed by atoms with Gasteiger partial charge in [-0.05, 0) is 30.7 Å². The van der Waals surface area contributed by atoms with Gasteiger partial charge >= 0.3 is 0 Å². The quantitative estimate of drug-likeness (QED) is 0.550. The van der Waals surface area contributed by atoms with E-state index in [0.29, 0.717) is 13.2 Å². The van der Waals surface area contributed by atoms with Crippen LogP contribution >= 0.6 is 11.3 Å². The van der Waals surface area contributed by atoms with Crippen LogP contribution in [0.5, 0.6) is 5.75 Å². The number of ether oxygens (including phenoxy) is 2. The highest BCUT2D eigenvalue weighted by Crippen LogP contribution is 2.17. The summed E-state index contributed by atoms with van der Waals surface area (Å²) in [6.07, 6.45) is 0.962. The highest BCUT2D eigenvalue weighted by molar-refractivity contribution is 7.14. The van der Waals surface area contributed by atoms with Crippen molar-refractivity contribution in [1.82, 2.24) is 0 Å². The molecule has 0 saturated heterocycles. The standard InChI is InChI=1S/C16H18O3S/c1-2-14-8-9-16(20-14)15(17)12-18-10-11-19-13-6-4-3-5-7-13/h3-9H,2,10-12H2,1H3. The molecule has 0 saturated carbocycles. The zero-order valence-electron chi connectivity index (χ0n) is 11.5. The summed E-state index contributed by atoms with van der Waals surface area (Å²) in [6, 6.07) is 13.4. The summed E-state index contributed by atoms with van der Waals surface area (Å²) in [5.74, 6) is 0.850. The first-order valence-electron chi connectivity index (χ1n) is 6.67. The molecular weight excluding hydrogens is 272 g/mol. The van der Waals surface area contributed by atoms with Crippen LogP contribution in [0.2, 0.25) is 0 Å². The molecule has 0 aliphatic carbocycles. The first-order chi connectivity index (χ1) is 9.79. The Morgan fingerprint density at radius 3 is 2.60 bits per heavy atom. The maximum absolute atomic E-state index is 11.9. The fourth-order valence-electron chi connectivity index (χ4n) is 1.69. The van der Waals surface area contributed by atoms with Crippen LogP contribution in [0, 0.1) is 0 Å². The third-order valence-corrected chi connectivity index (χ3v) is 4.03. The van der Waals surface area contributed by atoms with E-state index in [1.165, 1.54) is 4.88 Å². The van der Waals surface area contributed by atoms with Gasteiger partial charge in [0.1, 0.15) is 19.0 Å². The van der Waals surface area contributed by atoms with Crippen LogP contribution in [0.15, 0.2) is 42.5 Å². The minimum Gasteiger partial charge on any atom is -0.491 e. The van der Waals surface area contributed by atoms with Gasteiger partial charge in [-0.3, -0.25) is 4.79 Å². The molecule has 0 amide bonds. The van der Waals surface area contributed by atoms with E-state index in [1.54, 1.807) is 11.3 Å². The van der Waals surface area contributed by atoms with E-state index < -0.39 is 0 Å². The molecule has 0 N–H and O–H groups in total. The van der Waals surface area contributed by atoms with Gasteiger partial charge < -0.3 is 9.47 Å². The van der Waals surface area contributed by atoms with Gasteiger partial charge in [0.15, 0.2) is 5.78 Å². The van der Waals surface area contributed by atoms with Gasteiger partial charge in [-0.1, -0.05) is 25.1 Å². The summed E-state index contributed by atoms with van der Waals surface area (Å²) >= 11 is 1.54. The monoisotopic (exact) mass is 290 g/mol. The number of rotatable bonds is 8. The number of hydrogen-bond donors (Lipinski definition) is 0. The van der Waals surface area contributed by atoms with Crippen molar-refractivity contribution in [1.29, 1.82) is 0 Å². The van der Waals surface area contributed by atoms with E-state index in [0.717, 1.165) is 17.0 Å². The van der Waals surface area contributed by atoms with Crippen molar-refractivity contribution < 1.29 is 14.3 Å². The fourth-order valence-corrected chi connectivity index (χ4v) is 2.56. The number of carbonyl (C=O) groups excluding carboxylic acids is 1. The van der Waals surface area contributed by atoms with E-state index in [2.05, 4.69) is 6.92 Å². The Hall–Kier alpha value is -1.65. The summed E-state index contributed by atoms with van der Waals surface area (Å²) in [4.78, 5) is 13.8. The summed E-state index contributed by atoms with van der Waals surface area (Å²) in [6.45, 7) is 3.05. The van der Waals surface area contributed by atoms with Crippen molar-refractivity contribution in [3.8, 4) is 5.75 Å². The van der Waals surface area contributed by atoms with Crippen molar-refractivity contribution >= 4 is 17.1 Å². The van der Waals surface area contributed by atoms with E-state index >= 15 is 0 Å². The minimum atomic E-state index is 0.0365. The summed E-state index contributed by atoms with van der Waals surface area (Å²) in [5.41, 5.74) is 0. The molecule has 20 heavy (non-hydrogen) atoms. The van der Waals surface area contributed by atoms with E-state index in [1.807, 2.05) is 42.5 Å². The first kappa shape index (κ1) is 14.8.